The summed E-state index contributed by atoms with van der Waals surface area (Å²) in [4.78, 5) is 17.2. The van der Waals surface area contributed by atoms with Gasteiger partial charge in [0.05, 0.1) is 0 Å². The molecule has 5 heteroatoms. The number of rotatable bonds is 6. The van der Waals surface area contributed by atoms with E-state index >= 15 is 0 Å². The van der Waals surface area contributed by atoms with Crippen LogP contribution in [0, 0.1) is 33.6 Å². The van der Waals surface area contributed by atoms with Gasteiger partial charge in [-0.05, 0) is 100 Å². The number of likely N-dealkylation sites (N-methyl/N-ethyl adjacent to an activating group) is 1. The van der Waals surface area contributed by atoms with Gasteiger partial charge in [0.15, 0.2) is 11.0 Å². The molecule has 41 heavy (non-hydrogen) atoms. The first-order chi connectivity index (χ1) is 19.5. The second-order valence-corrected chi connectivity index (χ2v) is 12.4. The summed E-state index contributed by atoms with van der Waals surface area (Å²) >= 11 is 1.57. The fourth-order valence-electron chi connectivity index (χ4n) is 6.36. The van der Waals surface area contributed by atoms with Crippen LogP contribution in [0.2, 0.25) is 0 Å². The molecule has 0 spiro atoms. The summed E-state index contributed by atoms with van der Waals surface area (Å²) in [6, 6.07) is 22.1. The van der Waals surface area contributed by atoms with Crippen LogP contribution >= 0.6 is 11.8 Å². The highest BCUT2D eigenvalue weighted by molar-refractivity contribution is 7.98. The molecule has 2 unspecified atom stereocenters. The predicted molar refractivity (Wildman–Crippen MR) is 175 cm³/mol. The third kappa shape index (κ3) is 6.01. The molecule has 2 atom stereocenters. The number of nitrogens with zero attached hydrogens (tertiary/aromatic N) is 4. The summed E-state index contributed by atoms with van der Waals surface area (Å²) in [6.45, 7) is 15.3. The summed E-state index contributed by atoms with van der Waals surface area (Å²) in [5.74, 6) is 1.91. The number of hydrogen-bond acceptors (Lipinski definition) is 5. The number of aromatic nitrogens is 3. The highest BCUT2D eigenvalue weighted by Crippen LogP contribution is 2.42. The van der Waals surface area contributed by atoms with E-state index in [0.29, 0.717) is 0 Å². The minimum Gasteiger partial charge on any atom is -0.344 e. The second kappa shape index (κ2) is 11.7. The number of aryl methyl sites for hydroxylation is 4. The van der Waals surface area contributed by atoms with Gasteiger partial charge in [-0.15, -0.1) is 0 Å². The Labute approximate surface area is 249 Å². The topological polar surface area (TPSA) is 41.9 Å². The molecule has 3 aromatic carbocycles. The van der Waals surface area contributed by atoms with Gasteiger partial charge in [-0.25, -0.2) is 15.0 Å². The van der Waals surface area contributed by atoms with Gasteiger partial charge in [0.1, 0.15) is 5.82 Å². The van der Waals surface area contributed by atoms with Gasteiger partial charge in [-0.2, -0.15) is 0 Å². The first-order valence-electron chi connectivity index (χ1n) is 14.2. The van der Waals surface area contributed by atoms with Crippen LogP contribution in [0.15, 0.2) is 88.7 Å². The average molecular weight is 561 g/mol. The maximum Gasteiger partial charge on any atom is 0.191 e. The molecule has 1 aliphatic carbocycles. The molecule has 5 rings (SSSR count). The molecular weight excluding hydrogens is 520 g/mol. The van der Waals surface area contributed by atoms with Crippen molar-refractivity contribution >= 4 is 17.4 Å². The number of benzene rings is 3. The summed E-state index contributed by atoms with van der Waals surface area (Å²) in [6.07, 6.45) is 4.40. The summed E-state index contributed by atoms with van der Waals surface area (Å²) in [5.41, 5.74) is 13.5. The molecular formula is C36H40N4S. The maximum absolute atomic E-state index is 5.09. The molecule has 0 aliphatic heterocycles. The number of hydrogen-bond donors (Lipinski definition) is 0. The van der Waals surface area contributed by atoms with Crippen molar-refractivity contribution in [1.29, 1.82) is 0 Å². The third-order valence-corrected chi connectivity index (χ3v) is 8.52. The highest BCUT2D eigenvalue weighted by Gasteiger charge is 2.32. The minimum absolute atomic E-state index is 0.0595. The zero-order valence-corrected chi connectivity index (χ0v) is 26.5. The molecule has 0 N–H and O–H groups in total. The monoisotopic (exact) mass is 560 g/mol. The van der Waals surface area contributed by atoms with Crippen molar-refractivity contribution in [2.75, 3.05) is 18.2 Å². The number of thioether (sulfide) groups is 1. The van der Waals surface area contributed by atoms with Crippen LogP contribution in [0.1, 0.15) is 54.8 Å². The minimum atomic E-state index is 0.0595. The third-order valence-electron chi connectivity index (χ3n) is 7.97. The van der Waals surface area contributed by atoms with Gasteiger partial charge in [0.25, 0.3) is 0 Å². The van der Waals surface area contributed by atoms with Gasteiger partial charge in [0, 0.05) is 29.9 Å². The lowest BCUT2D eigenvalue weighted by molar-refractivity contribution is 0.552. The Bertz CT molecular complexity index is 1630. The molecule has 0 saturated carbocycles. The molecule has 0 amide bonds. The predicted octanol–water partition coefficient (Wildman–Crippen LogP) is 9.25. The molecule has 0 radical (unpaired) electrons. The molecule has 1 heterocycles. The Kier molecular flexibility index (Phi) is 8.19. The van der Waals surface area contributed by atoms with Crippen LogP contribution in [0.5, 0.6) is 0 Å². The van der Waals surface area contributed by atoms with Gasteiger partial charge in [0.2, 0.25) is 0 Å². The van der Waals surface area contributed by atoms with Crippen LogP contribution in [-0.4, -0.2) is 28.3 Å². The van der Waals surface area contributed by atoms with Crippen LogP contribution in [0.4, 0.5) is 5.69 Å². The van der Waals surface area contributed by atoms with Gasteiger partial charge in [-0.3, -0.25) is 0 Å². The second-order valence-electron chi connectivity index (χ2n) is 11.6. The average Bonchev–Trinajstić information content (AvgIpc) is 2.91. The molecule has 0 fully saturated rings. The van der Waals surface area contributed by atoms with E-state index in [4.69, 9.17) is 15.0 Å². The van der Waals surface area contributed by atoms with Gasteiger partial charge in [-0.1, -0.05) is 83.4 Å². The van der Waals surface area contributed by atoms with Crippen LogP contribution in [-0.2, 0) is 0 Å². The molecule has 1 aromatic heterocycles. The van der Waals surface area contributed by atoms with E-state index in [2.05, 4.69) is 127 Å². The van der Waals surface area contributed by atoms with E-state index in [1.165, 1.54) is 50.2 Å². The van der Waals surface area contributed by atoms with E-state index in [0.717, 1.165) is 28.1 Å². The molecule has 0 saturated heterocycles. The Morgan fingerprint density at radius 1 is 0.683 bits per heavy atom. The number of allylic oxidation sites excluding steroid dienone is 3. The smallest absolute Gasteiger partial charge is 0.191 e. The fourth-order valence-corrected chi connectivity index (χ4v) is 6.73. The van der Waals surface area contributed by atoms with Crippen molar-refractivity contribution in [3.8, 4) is 22.5 Å². The summed E-state index contributed by atoms with van der Waals surface area (Å²) in [5, 5.41) is 0.757. The lowest BCUT2D eigenvalue weighted by atomic mass is 9.79. The Morgan fingerprint density at radius 3 is 1.80 bits per heavy atom. The number of anilines is 1. The molecule has 210 valence electrons. The van der Waals surface area contributed by atoms with Crippen molar-refractivity contribution in [2.24, 2.45) is 5.92 Å². The first-order valence-corrected chi connectivity index (χ1v) is 15.5. The van der Waals surface area contributed by atoms with Gasteiger partial charge < -0.3 is 4.90 Å². The van der Waals surface area contributed by atoms with E-state index in [-0.39, 0.29) is 11.8 Å². The molecule has 4 aromatic rings. The fraction of sp³-hybridized carbons (Fsp3) is 0.306. The van der Waals surface area contributed by atoms with Crippen molar-refractivity contribution in [3.63, 3.8) is 0 Å². The molecule has 1 aliphatic rings. The van der Waals surface area contributed by atoms with Crippen molar-refractivity contribution in [1.82, 2.24) is 15.0 Å². The van der Waals surface area contributed by atoms with Crippen LogP contribution in [0.3, 0.4) is 0 Å². The SMILES string of the molecule is CSc1nc(-c2cc(C)cc(C)c2)nc(C2C(C)=C(N(C)c3ccc(-c4cc(C)cc(C)c4)cc3)C(C)=CC2C)n1. The largest absolute Gasteiger partial charge is 0.344 e. The maximum atomic E-state index is 5.09. The molecule has 0 bridgehead atoms. The standard InChI is InChI=1S/C36H40N4S/c1-21-14-22(2)17-29(16-21)28-10-12-31(13-11-28)40(8)33-26(6)20-25(5)32(27(33)7)35-37-34(38-36(39-35)41-9)30-18-23(3)15-24(4)19-30/h10-20,25,32H,1-9H3. The highest BCUT2D eigenvalue weighted by atomic mass is 32.2. The lowest BCUT2D eigenvalue weighted by Crippen LogP contribution is -2.27. The van der Waals surface area contributed by atoms with E-state index in [1.54, 1.807) is 11.8 Å². The van der Waals surface area contributed by atoms with E-state index in [9.17, 15) is 0 Å². The Balaban J connectivity index is 1.53. The van der Waals surface area contributed by atoms with Gasteiger partial charge >= 0.3 is 0 Å². The quantitative estimate of drug-likeness (QED) is 0.220. The lowest BCUT2D eigenvalue weighted by Gasteiger charge is -2.35. The van der Waals surface area contributed by atoms with Crippen molar-refractivity contribution in [2.45, 2.75) is 59.5 Å². The Hall–Kier alpha value is -3.70. The van der Waals surface area contributed by atoms with E-state index < -0.39 is 0 Å². The normalized spacial score (nSPS) is 17.0. The van der Waals surface area contributed by atoms with Crippen molar-refractivity contribution in [3.05, 3.63) is 112 Å². The van der Waals surface area contributed by atoms with Crippen molar-refractivity contribution < 1.29 is 0 Å². The van der Waals surface area contributed by atoms with Crippen LogP contribution < -0.4 is 4.90 Å². The zero-order valence-electron chi connectivity index (χ0n) is 25.7. The van der Waals surface area contributed by atoms with Crippen LogP contribution in [0.25, 0.3) is 22.5 Å². The first kappa shape index (κ1) is 28.8. The Morgan fingerprint density at radius 2 is 1.24 bits per heavy atom. The van der Waals surface area contributed by atoms with E-state index in [1.807, 2.05) is 6.26 Å². The molecule has 4 nitrogen and oxygen atoms in total. The summed E-state index contributed by atoms with van der Waals surface area (Å²) < 4.78 is 0. The zero-order chi connectivity index (χ0) is 29.4. The summed E-state index contributed by atoms with van der Waals surface area (Å²) in [7, 11) is 2.16.